The van der Waals surface area contributed by atoms with Crippen LogP contribution in [0.3, 0.4) is 0 Å². The van der Waals surface area contributed by atoms with E-state index in [2.05, 4.69) is 17.1 Å². The molecule has 0 N–H and O–H groups in total. The normalized spacial score (nSPS) is 33.1. The predicted octanol–water partition coefficient (Wildman–Crippen LogP) is 2.72. The maximum atomic E-state index is 13.8. The van der Waals surface area contributed by atoms with Gasteiger partial charge in [-0.05, 0) is 35.9 Å². The first kappa shape index (κ1) is 17.9. The fourth-order valence-corrected chi connectivity index (χ4v) is 5.50. The van der Waals surface area contributed by atoms with Crippen molar-refractivity contribution in [2.75, 3.05) is 18.6 Å². The Hall–Kier alpha value is -2.96. The number of carbonyl (C=O) groups is 2. The number of nitrogens with zero attached hydrogens (tertiary/aromatic N) is 1. The third-order valence-electron chi connectivity index (χ3n) is 6.80. The zero-order valence-corrected chi connectivity index (χ0v) is 16.4. The van der Waals surface area contributed by atoms with E-state index in [4.69, 9.17) is 14.2 Å². The Labute approximate surface area is 174 Å². The van der Waals surface area contributed by atoms with E-state index >= 15 is 0 Å². The number of hydrogen-bond donors (Lipinski definition) is 0. The third-order valence-corrected chi connectivity index (χ3v) is 6.80. The molecule has 3 fully saturated rings. The van der Waals surface area contributed by atoms with Crippen LogP contribution in [-0.2, 0) is 14.3 Å². The Kier molecular flexibility index (Phi) is 3.88. The largest absolute Gasteiger partial charge is 0.497 e. The molecule has 0 radical (unpaired) electrons. The van der Waals surface area contributed by atoms with E-state index in [1.807, 2.05) is 24.3 Å². The molecule has 30 heavy (non-hydrogen) atoms. The molecule has 0 amide bonds. The summed E-state index contributed by atoms with van der Waals surface area (Å²) in [5.41, 5.74) is 2.63. The molecule has 2 aromatic rings. The number of Topliss-reactive ketones (excluding diaryl/α,β-unsaturated/α-hetero) is 2. The number of para-hydroxylation sites is 1. The zero-order chi connectivity index (χ0) is 20.4. The second-order valence-electron chi connectivity index (χ2n) is 8.20. The number of rotatable bonds is 3. The Morgan fingerprint density at radius 1 is 1.13 bits per heavy atom. The van der Waals surface area contributed by atoms with Gasteiger partial charge in [-0.3, -0.25) is 9.59 Å². The summed E-state index contributed by atoms with van der Waals surface area (Å²) in [5, 5.41) is 0. The first-order chi connectivity index (χ1) is 14.7. The molecule has 0 aliphatic carbocycles. The molecule has 0 saturated carbocycles. The molecule has 0 unspecified atom stereocenters. The summed E-state index contributed by atoms with van der Waals surface area (Å²) in [6, 6.07) is 14.5. The molecule has 152 valence electrons. The van der Waals surface area contributed by atoms with Gasteiger partial charge in [-0.2, -0.15) is 0 Å². The number of ketones is 2. The highest BCUT2D eigenvalue weighted by Gasteiger charge is 2.63. The van der Waals surface area contributed by atoms with E-state index in [1.165, 1.54) is 0 Å². The summed E-state index contributed by atoms with van der Waals surface area (Å²) in [5.74, 6) is 0.0442. The fraction of sp³-hybridized carbons (Fsp3) is 0.333. The average Bonchev–Trinajstić information content (AvgIpc) is 3.38. The number of ether oxygens (including phenoxy) is 3. The van der Waals surface area contributed by atoms with E-state index < -0.39 is 12.3 Å². The van der Waals surface area contributed by atoms with Crippen LogP contribution in [0.15, 0.2) is 54.6 Å². The molecule has 2 aromatic carbocycles. The molecule has 4 aliphatic heterocycles. The highest BCUT2D eigenvalue weighted by Crippen LogP contribution is 2.51. The zero-order valence-electron chi connectivity index (χ0n) is 16.4. The molecule has 2 bridgehead atoms. The van der Waals surface area contributed by atoms with E-state index in [-0.39, 0.29) is 35.5 Å². The minimum Gasteiger partial charge on any atom is -0.497 e. The average molecular weight is 403 g/mol. The number of anilines is 1. The Bertz CT molecular complexity index is 1060. The molecule has 6 atom stereocenters. The molecule has 3 saturated heterocycles. The van der Waals surface area contributed by atoms with Crippen molar-refractivity contribution >= 4 is 23.3 Å². The van der Waals surface area contributed by atoms with Gasteiger partial charge in [0.25, 0.3) is 0 Å². The molecular formula is C24H21NO5. The lowest BCUT2D eigenvalue weighted by molar-refractivity contribution is -0.163. The van der Waals surface area contributed by atoms with Crippen LogP contribution >= 0.6 is 0 Å². The van der Waals surface area contributed by atoms with Gasteiger partial charge >= 0.3 is 0 Å². The van der Waals surface area contributed by atoms with Gasteiger partial charge in [0.2, 0.25) is 6.29 Å². The van der Waals surface area contributed by atoms with Crippen molar-refractivity contribution in [3.05, 3.63) is 65.7 Å². The molecule has 4 aliphatic rings. The monoisotopic (exact) mass is 403 g/mol. The predicted molar refractivity (Wildman–Crippen MR) is 109 cm³/mol. The van der Waals surface area contributed by atoms with Gasteiger partial charge in [-0.1, -0.05) is 30.4 Å². The molecule has 4 heterocycles. The fourth-order valence-electron chi connectivity index (χ4n) is 5.50. The highest BCUT2D eigenvalue weighted by atomic mass is 16.7. The van der Waals surface area contributed by atoms with Crippen LogP contribution in [0.2, 0.25) is 0 Å². The number of hydrogen-bond acceptors (Lipinski definition) is 6. The second kappa shape index (κ2) is 6.52. The van der Waals surface area contributed by atoms with Crippen molar-refractivity contribution < 1.29 is 23.8 Å². The van der Waals surface area contributed by atoms with Crippen LogP contribution in [0, 0.1) is 11.8 Å². The Balaban J connectivity index is 1.49. The smallest absolute Gasteiger partial charge is 0.218 e. The van der Waals surface area contributed by atoms with Crippen LogP contribution in [0.4, 0.5) is 5.69 Å². The standard InChI is InChI=1S/C24H21NO5/c1-28-15-9-6-14(7-10-15)22(26)21-20-18-12-29-24(30-18)23(27)19(20)17-11-8-13-4-2-3-5-16(13)25(17)21/h2-11,17-21,24H,12H2,1H3/t17-,18-,19+,20+,21+,24-/m1/s1. The molecule has 0 spiro atoms. The SMILES string of the molecule is COc1ccc(C(=O)[C@@H]2[C@@H]3[C@@H](C(=O)[C@@H]4OC[C@H]3O4)[C@H]3C=Cc4ccccc4N32)cc1. The van der Waals surface area contributed by atoms with Crippen LogP contribution in [-0.4, -0.2) is 49.8 Å². The summed E-state index contributed by atoms with van der Waals surface area (Å²) >= 11 is 0. The minimum atomic E-state index is -0.807. The van der Waals surface area contributed by atoms with Gasteiger partial charge in [0.1, 0.15) is 5.75 Å². The first-order valence-electron chi connectivity index (χ1n) is 10.2. The van der Waals surface area contributed by atoms with E-state index in [0.717, 1.165) is 11.3 Å². The van der Waals surface area contributed by atoms with Crippen molar-refractivity contribution in [1.82, 2.24) is 0 Å². The summed E-state index contributed by atoms with van der Waals surface area (Å²) in [6.07, 6.45) is 3.04. The van der Waals surface area contributed by atoms with E-state index in [1.54, 1.807) is 31.4 Å². The second-order valence-corrected chi connectivity index (χ2v) is 8.20. The maximum absolute atomic E-state index is 13.8. The van der Waals surface area contributed by atoms with Gasteiger partial charge in [0.15, 0.2) is 11.6 Å². The molecule has 6 rings (SSSR count). The lowest BCUT2D eigenvalue weighted by atomic mass is 9.77. The Morgan fingerprint density at radius 2 is 1.93 bits per heavy atom. The maximum Gasteiger partial charge on any atom is 0.218 e. The van der Waals surface area contributed by atoms with E-state index in [0.29, 0.717) is 17.9 Å². The van der Waals surface area contributed by atoms with Gasteiger partial charge in [-0.25, -0.2) is 0 Å². The lowest BCUT2D eigenvalue weighted by Gasteiger charge is -2.35. The van der Waals surface area contributed by atoms with Crippen LogP contribution in [0.1, 0.15) is 15.9 Å². The molecule has 6 heteroatoms. The van der Waals surface area contributed by atoms with Gasteiger partial charge in [0, 0.05) is 17.2 Å². The summed E-state index contributed by atoms with van der Waals surface area (Å²) in [4.78, 5) is 29.2. The third kappa shape index (κ3) is 2.38. The summed E-state index contributed by atoms with van der Waals surface area (Å²) in [6.45, 7) is 0.343. The lowest BCUT2D eigenvalue weighted by Crippen LogP contribution is -2.48. The highest BCUT2D eigenvalue weighted by molar-refractivity contribution is 6.05. The Morgan fingerprint density at radius 3 is 2.73 bits per heavy atom. The molecule has 6 nitrogen and oxygen atoms in total. The topological polar surface area (TPSA) is 65.1 Å². The van der Waals surface area contributed by atoms with Crippen LogP contribution in [0.25, 0.3) is 6.08 Å². The van der Waals surface area contributed by atoms with E-state index in [9.17, 15) is 9.59 Å². The van der Waals surface area contributed by atoms with Crippen molar-refractivity contribution in [3.8, 4) is 5.75 Å². The molecular weight excluding hydrogens is 382 g/mol. The van der Waals surface area contributed by atoms with Crippen molar-refractivity contribution in [3.63, 3.8) is 0 Å². The van der Waals surface area contributed by atoms with Crippen LogP contribution in [0.5, 0.6) is 5.75 Å². The van der Waals surface area contributed by atoms with Crippen molar-refractivity contribution in [2.45, 2.75) is 24.5 Å². The van der Waals surface area contributed by atoms with Gasteiger partial charge < -0.3 is 19.1 Å². The summed E-state index contributed by atoms with van der Waals surface area (Å²) in [7, 11) is 1.60. The van der Waals surface area contributed by atoms with Crippen LogP contribution < -0.4 is 9.64 Å². The first-order valence-corrected chi connectivity index (χ1v) is 10.2. The quantitative estimate of drug-likeness (QED) is 0.735. The number of benzene rings is 2. The number of methoxy groups -OCH3 is 1. The number of fused-ring (bicyclic) bond motifs is 8. The number of carbonyl (C=O) groups excluding carboxylic acids is 2. The van der Waals surface area contributed by atoms with Gasteiger partial charge in [-0.15, -0.1) is 0 Å². The van der Waals surface area contributed by atoms with Crippen molar-refractivity contribution in [2.24, 2.45) is 11.8 Å². The summed E-state index contributed by atoms with van der Waals surface area (Å²) < 4.78 is 16.7. The molecule has 0 aromatic heterocycles. The van der Waals surface area contributed by atoms with Gasteiger partial charge in [0.05, 0.1) is 37.8 Å². The van der Waals surface area contributed by atoms with Crippen molar-refractivity contribution in [1.29, 1.82) is 0 Å². The minimum absolute atomic E-state index is 0.0120.